The minimum atomic E-state index is -0.469. The molecule has 2 aromatic carbocycles. The van der Waals surface area contributed by atoms with Crippen molar-refractivity contribution in [3.63, 3.8) is 0 Å². The van der Waals surface area contributed by atoms with Crippen LogP contribution in [-0.2, 0) is 4.74 Å². The van der Waals surface area contributed by atoms with Crippen LogP contribution in [0.5, 0.6) is 0 Å². The molecule has 2 heterocycles. The maximum Gasteiger partial charge on any atom is 0.341 e. The van der Waals surface area contributed by atoms with E-state index >= 15 is 0 Å². The summed E-state index contributed by atoms with van der Waals surface area (Å²) in [5, 5.41) is 4.21. The van der Waals surface area contributed by atoms with Crippen LogP contribution < -0.4 is 5.32 Å². The number of hydrogen-bond donors (Lipinski definition) is 2. The van der Waals surface area contributed by atoms with Gasteiger partial charge in [-0.05, 0) is 31.2 Å². The van der Waals surface area contributed by atoms with Crippen LogP contribution in [0.4, 0.5) is 5.69 Å². The first-order valence-electron chi connectivity index (χ1n) is 6.86. The molecule has 0 radical (unpaired) electrons. The van der Waals surface area contributed by atoms with E-state index in [9.17, 15) is 4.79 Å². The zero-order valence-corrected chi connectivity index (χ0v) is 11.5. The van der Waals surface area contributed by atoms with Gasteiger partial charge in [0, 0.05) is 28.4 Å². The molecule has 1 aromatic heterocycles. The molecule has 0 saturated carbocycles. The van der Waals surface area contributed by atoms with Gasteiger partial charge in [0.05, 0.1) is 5.56 Å². The Labute approximate surface area is 121 Å². The third kappa shape index (κ3) is 1.88. The predicted molar refractivity (Wildman–Crippen MR) is 81.3 cm³/mol. The normalized spacial score (nSPS) is 16.8. The Morgan fingerprint density at radius 1 is 1.14 bits per heavy atom. The quantitative estimate of drug-likeness (QED) is 0.702. The van der Waals surface area contributed by atoms with Gasteiger partial charge < -0.3 is 15.0 Å². The van der Waals surface area contributed by atoms with Crippen molar-refractivity contribution in [1.82, 2.24) is 4.98 Å². The Balaban J connectivity index is 1.77. The topological polar surface area (TPSA) is 54.1 Å². The number of cyclic esters (lactones) is 1. The molecule has 3 aromatic rings. The minimum absolute atomic E-state index is 0.294. The smallest absolute Gasteiger partial charge is 0.341 e. The number of nitrogens with one attached hydrogen (secondary N) is 2. The van der Waals surface area contributed by atoms with Gasteiger partial charge in [-0.3, -0.25) is 0 Å². The van der Waals surface area contributed by atoms with Gasteiger partial charge in [0.1, 0.15) is 0 Å². The van der Waals surface area contributed by atoms with E-state index in [4.69, 9.17) is 4.74 Å². The molecule has 0 bridgehead atoms. The average molecular weight is 278 g/mol. The highest BCUT2D eigenvalue weighted by molar-refractivity contribution is 6.07. The van der Waals surface area contributed by atoms with Crippen LogP contribution in [0.25, 0.3) is 10.9 Å². The molecule has 4 rings (SSSR count). The Hall–Kier alpha value is -2.75. The number of anilines is 1. The number of H-pyrrole nitrogens is 1. The van der Waals surface area contributed by atoms with Crippen LogP contribution in [0.3, 0.4) is 0 Å². The molecule has 0 fully saturated rings. The highest BCUT2D eigenvalue weighted by Crippen LogP contribution is 2.35. The maximum atomic E-state index is 12.1. The van der Waals surface area contributed by atoms with E-state index in [0.29, 0.717) is 5.56 Å². The molecule has 0 aliphatic carbocycles. The third-order valence-corrected chi connectivity index (χ3v) is 3.81. The van der Waals surface area contributed by atoms with Crippen LogP contribution in [0.15, 0.2) is 48.7 Å². The van der Waals surface area contributed by atoms with Gasteiger partial charge in [-0.1, -0.05) is 23.8 Å². The molecule has 1 atom stereocenters. The number of rotatable bonds is 2. The zero-order valence-electron chi connectivity index (χ0n) is 11.5. The number of benzene rings is 2. The molecule has 2 N–H and O–H groups in total. The highest BCUT2D eigenvalue weighted by atomic mass is 16.6. The molecule has 1 aliphatic heterocycles. The van der Waals surface area contributed by atoms with E-state index in [-0.39, 0.29) is 5.97 Å². The van der Waals surface area contributed by atoms with E-state index in [2.05, 4.69) is 10.3 Å². The van der Waals surface area contributed by atoms with Gasteiger partial charge in [0.15, 0.2) is 0 Å². The lowest BCUT2D eigenvalue weighted by Gasteiger charge is -2.24. The molecule has 1 unspecified atom stereocenters. The van der Waals surface area contributed by atoms with Crippen molar-refractivity contribution in [3.8, 4) is 0 Å². The van der Waals surface area contributed by atoms with Crippen LogP contribution in [0, 0.1) is 6.92 Å². The van der Waals surface area contributed by atoms with Gasteiger partial charge in [0.2, 0.25) is 6.23 Å². The van der Waals surface area contributed by atoms with Crippen molar-refractivity contribution in [2.45, 2.75) is 13.2 Å². The minimum Gasteiger partial charge on any atom is -0.434 e. The molecule has 21 heavy (non-hydrogen) atoms. The molecule has 0 spiro atoms. The first-order valence-corrected chi connectivity index (χ1v) is 6.86. The molecule has 4 heteroatoms. The van der Waals surface area contributed by atoms with E-state index in [0.717, 1.165) is 22.2 Å². The standard InChI is InChI=1S/C17H14N2O2/c1-10-5-7-11(8-6-10)19-16-13-9-18-14-4-2-3-12(15(13)14)17(20)21-16/h2-9,16,18-19H,1H3. The molecule has 0 amide bonds. The largest absolute Gasteiger partial charge is 0.434 e. The summed E-state index contributed by atoms with van der Waals surface area (Å²) in [4.78, 5) is 15.3. The second-order valence-corrected chi connectivity index (χ2v) is 5.27. The summed E-state index contributed by atoms with van der Waals surface area (Å²) in [6, 6.07) is 13.6. The van der Waals surface area contributed by atoms with E-state index < -0.39 is 6.23 Å². The lowest BCUT2D eigenvalue weighted by Crippen LogP contribution is -2.22. The molecule has 4 nitrogen and oxygen atoms in total. The van der Waals surface area contributed by atoms with E-state index in [1.54, 1.807) is 6.07 Å². The maximum absolute atomic E-state index is 12.1. The second-order valence-electron chi connectivity index (χ2n) is 5.27. The number of carbonyl (C=O) groups is 1. The summed E-state index contributed by atoms with van der Waals surface area (Å²) < 4.78 is 5.53. The Morgan fingerprint density at radius 2 is 1.95 bits per heavy atom. The van der Waals surface area contributed by atoms with Crippen molar-refractivity contribution >= 4 is 22.6 Å². The highest BCUT2D eigenvalue weighted by Gasteiger charge is 2.29. The molecular formula is C17H14N2O2. The third-order valence-electron chi connectivity index (χ3n) is 3.81. The zero-order chi connectivity index (χ0) is 14.4. The van der Waals surface area contributed by atoms with Crippen molar-refractivity contribution in [3.05, 3.63) is 65.4 Å². The first-order chi connectivity index (χ1) is 10.2. The number of aryl methyl sites for hydroxylation is 1. The summed E-state index contributed by atoms with van der Waals surface area (Å²) in [7, 11) is 0. The Bertz CT molecular complexity index is 834. The summed E-state index contributed by atoms with van der Waals surface area (Å²) >= 11 is 0. The second kappa shape index (κ2) is 4.38. The fourth-order valence-electron chi connectivity index (χ4n) is 2.73. The monoisotopic (exact) mass is 278 g/mol. The molecule has 104 valence electrons. The predicted octanol–water partition coefficient (Wildman–Crippen LogP) is 3.76. The molecule has 0 saturated heterocycles. The lowest BCUT2D eigenvalue weighted by atomic mass is 10.0. The van der Waals surface area contributed by atoms with Crippen LogP contribution >= 0.6 is 0 Å². The Morgan fingerprint density at radius 3 is 2.76 bits per heavy atom. The summed E-state index contributed by atoms with van der Waals surface area (Å²) in [6.45, 7) is 2.04. The van der Waals surface area contributed by atoms with Crippen molar-refractivity contribution < 1.29 is 9.53 Å². The van der Waals surface area contributed by atoms with Crippen molar-refractivity contribution in [2.75, 3.05) is 5.32 Å². The van der Waals surface area contributed by atoms with Gasteiger partial charge in [0.25, 0.3) is 0 Å². The van der Waals surface area contributed by atoms with Crippen molar-refractivity contribution in [1.29, 1.82) is 0 Å². The van der Waals surface area contributed by atoms with Crippen LogP contribution in [-0.4, -0.2) is 11.0 Å². The number of carbonyl (C=O) groups excluding carboxylic acids is 1. The van der Waals surface area contributed by atoms with Gasteiger partial charge in [-0.2, -0.15) is 0 Å². The number of hydrogen-bond acceptors (Lipinski definition) is 3. The van der Waals surface area contributed by atoms with E-state index in [1.807, 2.05) is 49.5 Å². The number of ether oxygens (including phenoxy) is 1. The SMILES string of the molecule is Cc1ccc(NC2OC(=O)c3cccc4[nH]cc2c34)cc1. The number of aromatic amines is 1. The average Bonchev–Trinajstić information content (AvgIpc) is 2.92. The Kier molecular flexibility index (Phi) is 2.51. The molecular weight excluding hydrogens is 264 g/mol. The summed E-state index contributed by atoms with van der Waals surface area (Å²) in [6.07, 6.45) is 1.43. The summed E-state index contributed by atoms with van der Waals surface area (Å²) in [5.41, 5.74) is 4.64. The molecule has 1 aliphatic rings. The van der Waals surface area contributed by atoms with E-state index in [1.165, 1.54) is 5.56 Å². The van der Waals surface area contributed by atoms with Gasteiger partial charge in [-0.25, -0.2) is 4.79 Å². The number of aromatic nitrogens is 1. The lowest BCUT2D eigenvalue weighted by molar-refractivity contribution is 0.0344. The first kappa shape index (κ1) is 12.0. The van der Waals surface area contributed by atoms with Crippen LogP contribution in [0.2, 0.25) is 0 Å². The van der Waals surface area contributed by atoms with Crippen LogP contribution in [0.1, 0.15) is 27.7 Å². The summed E-state index contributed by atoms with van der Waals surface area (Å²) in [5.74, 6) is -0.294. The van der Waals surface area contributed by atoms with Gasteiger partial charge in [-0.15, -0.1) is 0 Å². The van der Waals surface area contributed by atoms with Crippen molar-refractivity contribution in [2.24, 2.45) is 0 Å². The number of esters is 1. The fraction of sp³-hybridized carbons (Fsp3) is 0.118. The fourth-order valence-corrected chi connectivity index (χ4v) is 2.73. The van der Waals surface area contributed by atoms with Gasteiger partial charge >= 0.3 is 5.97 Å².